The fourth-order valence-electron chi connectivity index (χ4n) is 1.75. The van der Waals surface area contributed by atoms with Crippen LogP contribution in [0.4, 0.5) is 5.82 Å². The van der Waals surface area contributed by atoms with Crippen molar-refractivity contribution in [2.45, 2.75) is 19.4 Å². The number of aromatic nitrogens is 2. The molecule has 1 unspecified atom stereocenters. The van der Waals surface area contributed by atoms with Crippen LogP contribution in [0.15, 0.2) is 24.5 Å². The number of fused-ring (bicyclic) bond motifs is 1. The lowest BCUT2D eigenvalue weighted by Gasteiger charge is -2.19. The molecule has 1 aromatic carbocycles. The van der Waals surface area contributed by atoms with Gasteiger partial charge in [-0.3, -0.25) is 0 Å². The molecule has 1 aromatic heterocycles. The van der Waals surface area contributed by atoms with E-state index in [1.807, 2.05) is 25.1 Å². The molecule has 1 heterocycles. The molecule has 0 saturated carbocycles. The minimum Gasteiger partial charge on any atom is -0.479 e. The van der Waals surface area contributed by atoms with E-state index in [-0.39, 0.29) is 6.54 Å². The van der Waals surface area contributed by atoms with Crippen molar-refractivity contribution >= 4 is 22.7 Å². The molecule has 0 aliphatic carbocycles. The number of benzene rings is 1. The summed E-state index contributed by atoms with van der Waals surface area (Å²) in [4.78, 5) is 19.1. The van der Waals surface area contributed by atoms with E-state index in [1.54, 1.807) is 0 Å². The van der Waals surface area contributed by atoms with Crippen LogP contribution in [0.5, 0.6) is 0 Å². The van der Waals surface area contributed by atoms with E-state index < -0.39 is 11.6 Å². The second-order valence-corrected chi connectivity index (χ2v) is 4.62. The smallest absolute Gasteiger partial charge is 0.337 e. The van der Waals surface area contributed by atoms with Crippen molar-refractivity contribution in [2.24, 2.45) is 0 Å². The van der Waals surface area contributed by atoms with E-state index in [2.05, 4.69) is 15.3 Å². The van der Waals surface area contributed by atoms with Gasteiger partial charge in [0, 0.05) is 5.39 Å². The van der Waals surface area contributed by atoms with Gasteiger partial charge in [0.1, 0.15) is 12.1 Å². The Morgan fingerprint density at radius 1 is 1.42 bits per heavy atom. The Morgan fingerprint density at radius 2 is 2.16 bits per heavy atom. The van der Waals surface area contributed by atoms with Crippen molar-refractivity contribution in [3.05, 3.63) is 30.1 Å². The number of aliphatic carboxylic acids is 1. The normalized spacial score (nSPS) is 14.1. The highest BCUT2D eigenvalue weighted by Gasteiger charge is 2.29. The third-order valence-electron chi connectivity index (χ3n) is 2.93. The second kappa shape index (κ2) is 4.81. The van der Waals surface area contributed by atoms with Gasteiger partial charge < -0.3 is 15.5 Å². The van der Waals surface area contributed by atoms with Crippen molar-refractivity contribution < 1.29 is 15.0 Å². The largest absolute Gasteiger partial charge is 0.479 e. The van der Waals surface area contributed by atoms with E-state index in [0.29, 0.717) is 5.82 Å². The quantitative estimate of drug-likeness (QED) is 0.765. The first-order valence-corrected chi connectivity index (χ1v) is 5.82. The fourth-order valence-corrected chi connectivity index (χ4v) is 1.75. The molecule has 6 heteroatoms. The number of carbonyl (C=O) groups is 1. The fraction of sp³-hybridized carbons (Fsp3) is 0.308. The molecule has 6 nitrogen and oxygen atoms in total. The van der Waals surface area contributed by atoms with Gasteiger partial charge in [0.15, 0.2) is 5.60 Å². The number of aryl methyl sites for hydroxylation is 1. The molecular formula is C13H15N3O3. The number of nitrogens with zero attached hydrogens (tertiary/aromatic N) is 2. The number of aliphatic hydroxyl groups is 1. The van der Waals surface area contributed by atoms with Crippen LogP contribution in [0.2, 0.25) is 0 Å². The van der Waals surface area contributed by atoms with E-state index in [9.17, 15) is 9.90 Å². The zero-order chi connectivity index (χ0) is 14.0. The number of carboxylic acid groups (broad SMARTS) is 1. The number of hydrogen-bond donors (Lipinski definition) is 3. The zero-order valence-corrected chi connectivity index (χ0v) is 10.7. The number of rotatable bonds is 4. The van der Waals surface area contributed by atoms with Crippen molar-refractivity contribution in [3.63, 3.8) is 0 Å². The average Bonchev–Trinajstić information content (AvgIpc) is 2.36. The first-order valence-electron chi connectivity index (χ1n) is 5.82. The predicted octanol–water partition coefficient (Wildman–Crippen LogP) is 1.19. The van der Waals surface area contributed by atoms with E-state index >= 15 is 0 Å². The van der Waals surface area contributed by atoms with E-state index in [0.717, 1.165) is 16.5 Å². The molecule has 0 radical (unpaired) electrons. The van der Waals surface area contributed by atoms with Gasteiger partial charge in [-0.15, -0.1) is 0 Å². The summed E-state index contributed by atoms with van der Waals surface area (Å²) in [5.41, 5.74) is -0.0945. The Balaban J connectivity index is 2.34. The Morgan fingerprint density at radius 3 is 2.84 bits per heavy atom. The van der Waals surface area contributed by atoms with Crippen LogP contribution in [-0.2, 0) is 4.79 Å². The first kappa shape index (κ1) is 13.2. The molecule has 2 aromatic rings. The molecule has 0 saturated heterocycles. The van der Waals surface area contributed by atoms with Gasteiger partial charge in [0.05, 0.1) is 12.1 Å². The number of carboxylic acids is 1. The van der Waals surface area contributed by atoms with Gasteiger partial charge in [-0.05, 0) is 25.5 Å². The zero-order valence-electron chi connectivity index (χ0n) is 10.7. The molecule has 19 heavy (non-hydrogen) atoms. The van der Waals surface area contributed by atoms with Gasteiger partial charge in [-0.25, -0.2) is 14.8 Å². The standard InChI is InChI=1S/C13H15N3O3/c1-8-4-3-5-9-10(8)11(16-7-15-9)14-6-13(2,19)12(17)18/h3-5,7,19H,6H2,1-2H3,(H,17,18)(H,14,15,16). The molecular weight excluding hydrogens is 246 g/mol. The summed E-state index contributed by atoms with van der Waals surface area (Å²) in [5.74, 6) is -0.764. The van der Waals surface area contributed by atoms with Crippen LogP contribution in [0.3, 0.4) is 0 Å². The van der Waals surface area contributed by atoms with E-state index in [1.165, 1.54) is 13.3 Å². The summed E-state index contributed by atoms with van der Waals surface area (Å²) >= 11 is 0. The van der Waals surface area contributed by atoms with Crippen LogP contribution in [0.25, 0.3) is 10.9 Å². The van der Waals surface area contributed by atoms with Crippen molar-refractivity contribution in [1.29, 1.82) is 0 Å². The maximum atomic E-state index is 10.9. The summed E-state index contributed by atoms with van der Waals surface area (Å²) in [7, 11) is 0. The summed E-state index contributed by atoms with van der Waals surface area (Å²) in [5, 5.41) is 22.2. The van der Waals surface area contributed by atoms with Gasteiger partial charge >= 0.3 is 5.97 Å². The lowest BCUT2D eigenvalue weighted by Crippen LogP contribution is -2.42. The Bertz CT molecular complexity index is 620. The monoisotopic (exact) mass is 261 g/mol. The van der Waals surface area contributed by atoms with Crippen molar-refractivity contribution in [3.8, 4) is 0 Å². The SMILES string of the molecule is Cc1cccc2ncnc(NCC(C)(O)C(=O)O)c12. The molecule has 0 amide bonds. The predicted molar refractivity (Wildman–Crippen MR) is 71.0 cm³/mol. The Hall–Kier alpha value is -2.21. The molecule has 0 bridgehead atoms. The molecule has 100 valence electrons. The first-order chi connectivity index (χ1) is 8.92. The number of anilines is 1. The Labute approximate surface area is 110 Å². The highest BCUT2D eigenvalue weighted by atomic mass is 16.4. The summed E-state index contributed by atoms with van der Waals surface area (Å²) in [6.45, 7) is 3.02. The minimum absolute atomic E-state index is 0.136. The Kier molecular flexibility index (Phi) is 3.35. The maximum absolute atomic E-state index is 10.9. The van der Waals surface area contributed by atoms with Crippen molar-refractivity contribution in [2.75, 3.05) is 11.9 Å². The lowest BCUT2D eigenvalue weighted by atomic mass is 10.1. The summed E-state index contributed by atoms with van der Waals surface area (Å²) in [6.07, 6.45) is 1.40. The minimum atomic E-state index is -1.85. The molecule has 0 spiro atoms. The van der Waals surface area contributed by atoms with Crippen LogP contribution in [0.1, 0.15) is 12.5 Å². The third kappa shape index (κ3) is 2.63. The van der Waals surface area contributed by atoms with Gasteiger partial charge in [-0.2, -0.15) is 0 Å². The second-order valence-electron chi connectivity index (χ2n) is 4.62. The van der Waals surface area contributed by atoms with Crippen LogP contribution >= 0.6 is 0 Å². The lowest BCUT2D eigenvalue weighted by molar-refractivity contribution is -0.155. The van der Waals surface area contributed by atoms with Crippen LogP contribution < -0.4 is 5.32 Å². The third-order valence-corrected chi connectivity index (χ3v) is 2.93. The molecule has 2 rings (SSSR count). The van der Waals surface area contributed by atoms with Gasteiger partial charge in [0.25, 0.3) is 0 Å². The number of nitrogens with one attached hydrogen (secondary N) is 1. The number of hydrogen-bond acceptors (Lipinski definition) is 5. The summed E-state index contributed by atoms with van der Waals surface area (Å²) < 4.78 is 0. The molecule has 1 atom stereocenters. The summed E-state index contributed by atoms with van der Waals surface area (Å²) in [6, 6.07) is 5.67. The highest BCUT2D eigenvalue weighted by molar-refractivity contribution is 5.92. The van der Waals surface area contributed by atoms with Gasteiger partial charge in [-0.1, -0.05) is 12.1 Å². The van der Waals surface area contributed by atoms with Crippen LogP contribution in [-0.4, -0.2) is 38.3 Å². The van der Waals surface area contributed by atoms with Crippen molar-refractivity contribution in [1.82, 2.24) is 9.97 Å². The highest BCUT2D eigenvalue weighted by Crippen LogP contribution is 2.23. The van der Waals surface area contributed by atoms with Crippen LogP contribution in [0, 0.1) is 6.92 Å². The molecule has 3 N–H and O–H groups in total. The van der Waals surface area contributed by atoms with E-state index in [4.69, 9.17) is 5.11 Å². The van der Waals surface area contributed by atoms with Gasteiger partial charge in [0.2, 0.25) is 0 Å². The molecule has 0 aliphatic rings. The maximum Gasteiger partial charge on any atom is 0.337 e. The average molecular weight is 261 g/mol. The molecule has 0 aliphatic heterocycles. The topological polar surface area (TPSA) is 95.3 Å². The molecule has 0 fully saturated rings.